The molecule has 2 fully saturated rings. The maximum atomic E-state index is 13.5. The molecule has 190 valence electrons. The standard InChI is InChI=1S/C25H26F3N5O3/c1-36-21-12-18(3-4-19(21)16(13-29)14-30)33-11-8-24(23(33)35)6-9-32(10-7-24)22(34)20-5-2-17(15-31-20)25(26,27)28/h2-5,12-15,29H,6-11,30H2,1H3/b16-14+,29-13?. The summed E-state index contributed by atoms with van der Waals surface area (Å²) in [4.78, 5) is 33.2. The van der Waals surface area contributed by atoms with Gasteiger partial charge in [0, 0.05) is 61.1 Å². The van der Waals surface area contributed by atoms with E-state index in [1.165, 1.54) is 18.2 Å². The summed E-state index contributed by atoms with van der Waals surface area (Å²) in [7, 11) is 1.51. The monoisotopic (exact) mass is 501 g/mol. The highest BCUT2D eigenvalue weighted by Gasteiger charge is 2.49. The van der Waals surface area contributed by atoms with Crippen LogP contribution in [0.4, 0.5) is 18.9 Å². The van der Waals surface area contributed by atoms with Crippen LogP contribution in [0.25, 0.3) is 5.57 Å². The van der Waals surface area contributed by atoms with Gasteiger partial charge in [-0.15, -0.1) is 0 Å². The number of carbonyl (C=O) groups is 2. The summed E-state index contributed by atoms with van der Waals surface area (Å²) in [6, 6.07) is 7.22. The smallest absolute Gasteiger partial charge is 0.417 e. The minimum absolute atomic E-state index is 0.0290. The van der Waals surface area contributed by atoms with Crippen molar-refractivity contribution in [3.05, 3.63) is 59.5 Å². The molecule has 2 saturated heterocycles. The Labute approximate surface area is 206 Å². The third kappa shape index (κ3) is 4.52. The molecule has 2 aliphatic heterocycles. The van der Waals surface area contributed by atoms with Gasteiger partial charge in [0.2, 0.25) is 5.91 Å². The molecule has 0 radical (unpaired) electrons. The van der Waals surface area contributed by atoms with Gasteiger partial charge in [-0.2, -0.15) is 13.2 Å². The predicted octanol–water partition coefficient (Wildman–Crippen LogP) is 3.72. The van der Waals surface area contributed by atoms with Crippen LogP contribution in [0.1, 0.15) is 40.9 Å². The van der Waals surface area contributed by atoms with Gasteiger partial charge in [0.15, 0.2) is 0 Å². The number of rotatable bonds is 5. The summed E-state index contributed by atoms with van der Waals surface area (Å²) >= 11 is 0. The number of benzene rings is 1. The second-order valence-electron chi connectivity index (χ2n) is 8.86. The first-order valence-corrected chi connectivity index (χ1v) is 11.4. The number of ether oxygens (including phenoxy) is 1. The number of nitrogens with zero attached hydrogens (tertiary/aromatic N) is 3. The quantitative estimate of drug-likeness (QED) is 0.607. The maximum Gasteiger partial charge on any atom is 0.417 e. The van der Waals surface area contributed by atoms with Crippen LogP contribution in [-0.4, -0.2) is 54.7 Å². The lowest BCUT2D eigenvalue weighted by Gasteiger charge is -2.37. The molecule has 3 heterocycles. The molecule has 0 atom stereocenters. The van der Waals surface area contributed by atoms with Gasteiger partial charge in [0.05, 0.1) is 18.1 Å². The number of alkyl halides is 3. The van der Waals surface area contributed by atoms with E-state index in [0.29, 0.717) is 67.7 Å². The molecular formula is C25H26F3N5O3. The Hall–Kier alpha value is -3.89. The lowest BCUT2D eigenvalue weighted by molar-refractivity contribution is -0.137. The molecule has 2 aliphatic rings. The molecular weight excluding hydrogens is 475 g/mol. The minimum Gasteiger partial charge on any atom is -0.496 e. The minimum atomic E-state index is -4.52. The lowest BCUT2D eigenvalue weighted by Crippen LogP contribution is -2.46. The fourth-order valence-corrected chi connectivity index (χ4v) is 4.82. The summed E-state index contributed by atoms with van der Waals surface area (Å²) < 4.78 is 43.8. The van der Waals surface area contributed by atoms with E-state index in [9.17, 15) is 22.8 Å². The van der Waals surface area contributed by atoms with Gasteiger partial charge >= 0.3 is 6.18 Å². The molecule has 3 N–H and O–H groups in total. The molecule has 0 saturated carbocycles. The fourth-order valence-electron chi connectivity index (χ4n) is 4.82. The van der Waals surface area contributed by atoms with Gasteiger partial charge in [0.1, 0.15) is 11.4 Å². The van der Waals surface area contributed by atoms with Crippen LogP contribution < -0.4 is 15.4 Å². The van der Waals surface area contributed by atoms with E-state index in [0.717, 1.165) is 18.3 Å². The molecule has 1 aromatic carbocycles. The summed E-state index contributed by atoms with van der Waals surface area (Å²) in [5.74, 6) is 0.0146. The first kappa shape index (κ1) is 25.2. The summed E-state index contributed by atoms with van der Waals surface area (Å²) in [5, 5.41) is 7.52. The summed E-state index contributed by atoms with van der Waals surface area (Å²) in [5.41, 5.74) is 5.83. The predicted molar refractivity (Wildman–Crippen MR) is 128 cm³/mol. The Kier molecular flexibility index (Phi) is 6.75. The van der Waals surface area contributed by atoms with Crippen molar-refractivity contribution in [3.8, 4) is 5.75 Å². The number of hydrogen-bond donors (Lipinski definition) is 2. The third-order valence-corrected chi connectivity index (χ3v) is 6.97. The Morgan fingerprint density at radius 2 is 1.86 bits per heavy atom. The number of nitrogens with two attached hydrogens (primary N) is 1. The second-order valence-corrected chi connectivity index (χ2v) is 8.86. The highest BCUT2D eigenvalue weighted by Crippen LogP contribution is 2.44. The summed E-state index contributed by atoms with van der Waals surface area (Å²) in [6.45, 7) is 1.14. The number of halogens is 3. The van der Waals surface area contributed by atoms with Crippen molar-refractivity contribution in [3.63, 3.8) is 0 Å². The van der Waals surface area contributed by atoms with Crippen LogP contribution in [0.15, 0.2) is 42.7 Å². The first-order chi connectivity index (χ1) is 17.1. The number of aromatic nitrogens is 1. The zero-order valence-electron chi connectivity index (χ0n) is 19.6. The third-order valence-electron chi connectivity index (χ3n) is 6.97. The average Bonchev–Trinajstić information content (AvgIpc) is 3.19. The summed E-state index contributed by atoms with van der Waals surface area (Å²) in [6.07, 6.45) is 0.124. The SMILES string of the molecule is COc1cc(N2CCC3(CCN(C(=O)c4ccc(C(F)(F)F)cn4)CC3)C2=O)ccc1/C(C=N)=C/N. The van der Waals surface area contributed by atoms with Gasteiger partial charge in [-0.3, -0.25) is 14.6 Å². The number of likely N-dealkylation sites (tertiary alicyclic amines) is 1. The number of methoxy groups -OCH3 is 1. The van der Waals surface area contributed by atoms with E-state index >= 15 is 0 Å². The van der Waals surface area contributed by atoms with E-state index in [1.807, 2.05) is 0 Å². The number of piperidine rings is 1. The molecule has 0 unspecified atom stereocenters. The number of hydrogen-bond acceptors (Lipinski definition) is 6. The molecule has 0 aliphatic carbocycles. The molecule has 1 aromatic heterocycles. The van der Waals surface area contributed by atoms with Gasteiger partial charge in [-0.1, -0.05) is 0 Å². The number of allylic oxidation sites excluding steroid dienone is 1. The van der Waals surface area contributed by atoms with Gasteiger partial charge < -0.3 is 25.7 Å². The van der Waals surface area contributed by atoms with Gasteiger partial charge in [0.25, 0.3) is 5.91 Å². The van der Waals surface area contributed by atoms with E-state index in [-0.39, 0.29) is 11.6 Å². The molecule has 4 rings (SSSR count). The van der Waals surface area contributed by atoms with Gasteiger partial charge in [-0.05, 0) is 43.5 Å². The van der Waals surface area contributed by atoms with Crippen molar-refractivity contribution in [1.82, 2.24) is 9.88 Å². The topological polar surface area (TPSA) is 113 Å². The Bertz CT molecular complexity index is 1200. The Morgan fingerprint density at radius 1 is 1.17 bits per heavy atom. The van der Waals surface area contributed by atoms with Crippen molar-refractivity contribution in [2.75, 3.05) is 31.6 Å². The van der Waals surface area contributed by atoms with Crippen molar-refractivity contribution >= 4 is 29.3 Å². The van der Waals surface area contributed by atoms with Crippen LogP contribution in [-0.2, 0) is 11.0 Å². The molecule has 1 spiro atoms. The largest absolute Gasteiger partial charge is 0.496 e. The van der Waals surface area contributed by atoms with E-state index in [2.05, 4.69) is 4.98 Å². The first-order valence-electron chi connectivity index (χ1n) is 11.4. The van der Waals surface area contributed by atoms with Crippen LogP contribution in [0.5, 0.6) is 5.75 Å². The molecule has 2 amide bonds. The Morgan fingerprint density at radius 3 is 2.42 bits per heavy atom. The highest BCUT2D eigenvalue weighted by molar-refractivity contribution is 6.09. The van der Waals surface area contributed by atoms with E-state index in [4.69, 9.17) is 15.9 Å². The zero-order valence-corrected chi connectivity index (χ0v) is 19.6. The van der Waals surface area contributed by atoms with E-state index in [1.54, 1.807) is 23.1 Å². The molecule has 8 nitrogen and oxygen atoms in total. The van der Waals surface area contributed by atoms with E-state index < -0.39 is 23.1 Å². The zero-order chi connectivity index (χ0) is 26.1. The number of pyridine rings is 1. The number of nitrogens with one attached hydrogen (secondary N) is 1. The van der Waals surface area contributed by atoms with Gasteiger partial charge in [-0.25, -0.2) is 0 Å². The fraction of sp³-hybridized carbons (Fsp3) is 0.360. The molecule has 11 heteroatoms. The maximum absolute atomic E-state index is 13.5. The van der Waals surface area contributed by atoms with Crippen LogP contribution in [0, 0.1) is 10.8 Å². The molecule has 0 bridgehead atoms. The van der Waals surface area contributed by atoms with Crippen LogP contribution >= 0.6 is 0 Å². The van der Waals surface area contributed by atoms with Crippen LogP contribution in [0.2, 0.25) is 0 Å². The normalized spacial score (nSPS) is 18.0. The van der Waals surface area contributed by atoms with Crippen molar-refractivity contribution in [2.45, 2.75) is 25.4 Å². The van der Waals surface area contributed by atoms with Crippen molar-refractivity contribution in [2.24, 2.45) is 11.1 Å². The van der Waals surface area contributed by atoms with Crippen LogP contribution in [0.3, 0.4) is 0 Å². The van der Waals surface area contributed by atoms with Crippen molar-refractivity contribution in [1.29, 1.82) is 5.41 Å². The number of carbonyl (C=O) groups excluding carboxylic acids is 2. The molecule has 2 aromatic rings. The Balaban J connectivity index is 1.45. The van der Waals surface area contributed by atoms with Crippen molar-refractivity contribution < 1.29 is 27.5 Å². The second kappa shape index (κ2) is 9.63. The number of anilines is 1. The number of amides is 2. The highest BCUT2D eigenvalue weighted by atomic mass is 19.4. The molecule has 36 heavy (non-hydrogen) atoms. The average molecular weight is 502 g/mol. The lowest BCUT2D eigenvalue weighted by atomic mass is 9.77.